The number of piperazine rings is 1. The predicted octanol–water partition coefficient (Wildman–Crippen LogP) is 3.50. The molecule has 5 amide bonds. The van der Waals surface area contributed by atoms with Crippen LogP contribution in [-0.4, -0.2) is 146 Å². The largest absolute Gasteiger partial charge is 0.483 e. The predicted molar refractivity (Wildman–Crippen MR) is 220 cm³/mol. The van der Waals surface area contributed by atoms with Crippen LogP contribution in [0.3, 0.4) is 0 Å². The van der Waals surface area contributed by atoms with Crippen molar-refractivity contribution < 1.29 is 33.1 Å². The van der Waals surface area contributed by atoms with Gasteiger partial charge in [-0.05, 0) is 87.7 Å². The summed E-state index contributed by atoms with van der Waals surface area (Å²) in [5.74, 6) is -1.74. The molecule has 0 saturated carbocycles. The van der Waals surface area contributed by atoms with E-state index in [4.69, 9.17) is 4.74 Å². The molecule has 4 saturated heterocycles. The molecular weight excluding hydrogens is 754 g/mol. The number of carbonyl (C=O) groups excluding carboxylic acids is 5. The molecule has 5 aliphatic heterocycles. The number of ether oxygens (including phenoxy) is 1. The Hall–Kier alpha value is -5.18. The van der Waals surface area contributed by atoms with Crippen LogP contribution in [0.5, 0.6) is 5.75 Å². The third kappa shape index (κ3) is 8.48. The molecule has 312 valence electrons. The van der Waals surface area contributed by atoms with E-state index in [2.05, 4.69) is 63.3 Å². The number of nitrogens with one attached hydrogen (secondary N) is 1. The Morgan fingerprint density at radius 3 is 2.27 bits per heavy atom. The first-order chi connectivity index (χ1) is 28.4. The summed E-state index contributed by atoms with van der Waals surface area (Å²) in [7, 11) is 4.27. The zero-order chi connectivity index (χ0) is 41.4. The standard InChI is InChI=1S/C45H54FN7O6/c1-29-6-4-8-36(46)34(29)25-50-26-35(38(27-50)48(2)3)31-10-12-32(13-11-31)51-22-20-49(21-23-51)24-30-16-18-52(19-17-30)41(55)28-59-39-9-5-7-33-42(39)45(58)53(44(33)57)37-14-15-40(54)47-43(37)56/h4-13,30,35,37-38H,14-28H2,1-3H3,(H,47,54,56)/t35-,37?,38+/m1/s1. The van der Waals surface area contributed by atoms with E-state index >= 15 is 0 Å². The highest BCUT2D eigenvalue weighted by Gasteiger charge is 2.46. The van der Waals surface area contributed by atoms with E-state index in [1.807, 2.05) is 13.0 Å². The number of anilines is 1. The molecule has 0 spiro atoms. The summed E-state index contributed by atoms with van der Waals surface area (Å²) >= 11 is 0. The number of hydrogen-bond donors (Lipinski definition) is 1. The van der Waals surface area contributed by atoms with Gasteiger partial charge in [0.25, 0.3) is 17.7 Å². The summed E-state index contributed by atoms with van der Waals surface area (Å²) in [6, 6.07) is 18.3. The first-order valence-corrected chi connectivity index (χ1v) is 20.9. The quantitative estimate of drug-likeness (QED) is 0.288. The summed E-state index contributed by atoms with van der Waals surface area (Å²) in [4.78, 5) is 76.3. The minimum Gasteiger partial charge on any atom is -0.483 e. The van der Waals surface area contributed by atoms with Crippen LogP contribution in [0.2, 0.25) is 0 Å². The Morgan fingerprint density at radius 2 is 1.58 bits per heavy atom. The maximum atomic E-state index is 14.7. The van der Waals surface area contributed by atoms with Crippen molar-refractivity contribution in [3.63, 3.8) is 0 Å². The Balaban J connectivity index is 0.780. The van der Waals surface area contributed by atoms with Crippen molar-refractivity contribution in [2.24, 2.45) is 5.92 Å². The topological polar surface area (TPSA) is 126 Å². The van der Waals surface area contributed by atoms with Gasteiger partial charge in [-0.25, -0.2) is 4.39 Å². The number of imide groups is 2. The zero-order valence-corrected chi connectivity index (χ0v) is 34.2. The van der Waals surface area contributed by atoms with Crippen molar-refractivity contribution in [3.8, 4) is 5.75 Å². The lowest BCUT2D eigenvalue weighted by Gasteiger charge is -2.39. The number of piperidine rings is 2. The van der Waals surface area contributed by atoms with Gasteiger partial charge in [-0.15, -0.1) is 0 Å². The third-order valence-corrected chi connectivity index (χ3v) is 13.1. The maximum absolute atomic E-state index is 14.7. The minimum atomic E-state index is -1.07. The van der Waals surface area contributed by atoms with Crippen molar-refractivity contribution >= 4 is 35.2 Å². The van der Waals surface area contributed by atoms with Gasteiger partial charge < -0.3 is 19.4 Å². The van der Waals surface area contributed by atoms with Gasteiger partial charge in [0.15, 0.2) is 6.61 Å². The second-order valence-electron chi connectivity index (χ2n) is 17.0. The molecule has 3 atom stereocenters. The highest BCUT2D eigenvalue weighted by Crippen LogP contribution is 2.35. The van der Waals surface area contributed by atoms with Gasteiger partial charge in [-0.1, -0.05) is 30.3 Å². The van der Waals surface area contributed by atoms with Crippen LogP contribution < -0.4 is 15.0 Å². The molecule has 1 unspecified atom stereocenters. The fourth-order valence-electron chi connectivity index (χ4n) is 9.62. The molecule has 3 aromatic carbocycles. The number of likely N-dealkylation sites (tertiary alicyclic amines) is 2. The van der Waals surface area contributed by atoms with E-state index in [0.717, 1.165) is 74.7 Å². The normalized spacial score (nSPS) is 23.3. The number of fused-ring (bicyclic) bond motifs is 1. The maximum Gasteiger partial charge on any atom is 0.266 e. The second kappa shape index (κ2) is 17.2. The molecule has 5 heterocycles. The van der Waals surface area contributed by atoms with E-state index in [-0.39, 0.29) is 48.0 Å². The Labute approximate surface area is 345 Å². The second-order valence-corrected chi connectivity index (χ2v) is 17.0. The number of benzene rings is 3. The number of halogens is 1. The van der Waals surface area contributed by atoms with E-state index in [0.29, 0.717) is 37.5 Å². The van der Waals surface area contributed by atoms with Crippen molar-refractivity contribution in [2.75, 3.05) is 84.5 Å². The molecule has 5 aliphatic rings. The number of aryl methyl sites for hydroxylation is 1. The number of carbonyl (C=O) groups is 5. The van der Waals surface area contributed by atoms with Gasteiger partial charge in [0, 0.05) is 95.1 Å². The van der Waals surface area contributed by atoms with Gasteiger partial charge in [0.05, 0.1) is 11.1 Å². The van der Waals surface area contributed by atoms with Crippen LogP contribution >= 0.6 is 0 Å². The van der Waals surface area contributed by atoms with Crippen molar-refractivity contribution in [1.29, 1.82) is 0 Å². The van der Waals surface area contributed by atoms with Gasteiger partial charge in [0.1, 0.15) is 17.6 Å². The molecule has 13 nitrogen and oxygen atoms in total. The minimum absolute atomic E-state index is 0.0332. The van der Waals surface area contributed by atoms with E-state index in [1.165, 1.54) is 17.3 Å². The number of rotatable bonds is 11. The smallest absolute Gasteiger partial charge is 0.266 e. The summed E-state index contributed by atoms with van der Waals surface area (Å²) < 4.78 is 20.5. The van der Waals surface area contributed by atoms with Crippen molar-refractivity contribution in [1.82, 2.24) is 29.8 Å². The lowest BCUT2D eigenvalue weighted by atomic mass is 9.93. The number of hydrogen-bond acceptors (Lipinski definition) is 10. The summed E-state index contributed by atoms with van der Waals surface area (Å²) in [6.07, 6.45) is 1.89. The van der Waals surface area contributed by atoms with Crippen molar-refractivity contribution in [3.05, 3.63) is 94.3 Å². The van der Waals surface area contributed by atoms with Crippen LogP contribution in [0.1, 0.15) is 69.0 Å². The van der Waals surface area contributed by atoms with Crippen LogP contribution in [-0.2, 0) is 20.9 Å². The van der Waals surface area contributed by atoms with E-state index in [1.54, 1.807) is 29.2 Å². The molecule has 0 aliphatic carbocycles. The molecule has 14 heteroatoms. The lowest BCUT2D eigenvalue weighted by molar-refractivity contribution is -0.136. The van der Waals surface area contributed by atoms with E-state index < -0.39 is 29.7 Å². The molecule has 0 bridgehead atoms. The first-order valence-electron chi connectivity index (χ1n) is 20.9. The molecular formula is C45H54FN7O6. The van der Waals surface area contributed by atoms with Gasteiger partial charge in [-0.2, -0.15) is 0 Å². The van der Waals surface area contributed by atoms with Gasteiger partial charge >= 0.3 is 0 Å². The summed E-state index contributed by atoms with van der Waals surface area (Å²) in [5.41, 5.74) is 4.50. The van der Waals surface area contributed by atoms with Gasteiger partial charge in [0.2, 0.25) is 11.8 Å². The fraction of sp³-hybridized carbons (Fsp3) is 0.489. The Kier molecular flexibility index (Phi) is 11.8. The molecule has 3 aromatic rings. The van der Waals surface area contributed by atoms with Crippen LogP contribution in [0.25, 0.3) is 0 Å². The van der Waals surface area contributed by atoms with Crippen molar-refractivity contribution in [2.45, 2.75) is 57.2 Å². The Bertz CT molecular complexity index is 2080. The third-order valence-electron chi connectivity index (χ3n) is 13.1. The lowest BCUT2D eigenvalue weighted by Crippen LogP contribution is -2.54. The highest BCUT2D eigenvalue weighted by atomic mass is 19.1. The number of likely N-dealkylation sites (N-methyl/N-ethyl adjacent to an activating group) is 1. The number of amides is 5. The molecule has 59 heavy (non-hydrogen) atoms. The van der Waals surface area contributed by atoms with Crippen LogP contribution in [0.4, 0.5) is 10.1 Å². The summed E-state index contributed by atoms with van der Waals surface area (Å²) in [6.45, 7) is 10.3. The average molecular weight is 808 g/mol. The zero-order valence-electron chi connectivity index (χ0n) is 34.2. The SMILES string of the molecule is Cc1cccc(F)c1CN1C[C@H](c2ccc(N3CCN(CC4CCN(C(=O)COc5cccc6c5C(=O)N(C5CCC(=O)NC5=O)C6=O)CC4)CC3)cc2)[C@@H](N(C)C)C1. The van der Waals surface area contributed by atoms with Gasteiger partial charge in [-0.3, -0.25) is 44.0 Å². The van der Waals surface area contributed by atoms with Crippen LogP contribution in [0, 0.1) is 18.7 Å². The highest BCUT2D eigenvalue weighted by molar-refractivity contribution is 6.24. The molecule has 1 N–H and O–H groups in total. The first kappa shape index (κ1) is 40.6. The number of nitrogens with zero attached hydrogens (tertiary/aromatic N) is 6. The molecule has 0 aromatic heterocycles. The molecule has 8 rings (SSSR count). The monoisotopic (exact) mass is 807 g/mol. The summed E-state index contributed by atoms with van der Waals surface area (Å²) in [5, 5.41) is 2.20. The molecule has 4 fully saturated rings. The van der Waals surface area contributed by atoms with Crippen LogP contribution in [0.15, 0.2) is 60.7 Å². The van der Waals surface area contributed by atoms with E-state index in [9.17, 15) is 28.4 Å². The fourth-order valence-corrected chi connectivity index (χ4v) is 9.62. The molecule has 0 radical (unpaired) electrons. The Morgan fingerprint density at radius 1 is 0.847 bits per heavy atom. The average Bonchev–Trinajstić information content (AvgIpc) is 3.77.